The second-order valence-corrected chi connectivity index (χ2v) is 3.79. The lowest BCUT2D eigenvalue weighted by Crippen LogP contribution is -2.36. The van der Waals surface area contributed by atoms with E-state index in [0.29, 0.717) is 0 Å². The van der Waals surface area contributed by atoms with Crippen LogP contribution in [0.2, 0.25) is 0 Å². The Morgan fingerprint density at radius 3 is 2.77 bits per heavy atom. The molecule has 0 radical (unpaired) electrons. The summed E-state index contributed by atoms with van der Waals surface area (Å²) in [7, 11) is 2.08. The van der Waals surface area contributed by atoms with Gasteiger partial charge in [0.05, 0.1) is 6.67 Å². The molecule has 0 aliphatic carbocycles. The van der Waals surface area contributed by atoms with Gasteiger partial charge in [-0.25, -0.2) is 5.43 Å². The molecule has 0 aromatic carbocycles. The van der Waals surface area contributed by atoms with Gasteiger partial charge in [0, 0.05) is 13.2 Å². The quantitative estimate of drug-likeness (QED) is 0.365. The molecule has 0 aromatic rings. The average Bonchev–Trinajstić information content (AvgIpc) is 2.17. The summed E-state index contributed by atoms with van der Waals surface area (Å²) < 4.78 is 5.31. The smallest absolute Gasteiger partial charge is 0.0609 e. The van der Waals surface area contributed by atoms with E-state index in [1.165, 1.54) is 19.3 Å². The number of hydrogen-bond donors (Lipinski definition) is 2. The van der Waals surface area contributed by atoms with Crippen molar-refractivity contribution in [2.45, 2.75) is 19.3 Å². The number of nitrogens with one attached hydrogen (secondary N) is 1. The van der Waals surface area contributed by atoms with Gasteiger partial charge in [-0.05, 0) is 38.8 Å². The first-order chi connectivity index (χ1) is 6.33. The zero-order valence-electron chi connectivity index (χ0n) is 8.46. The number of hydrogen-bond acceptors (Lipinski definition) is 4. The van der Waals surface area contributed by atoms with E-state index in [9.17, 15) is 0 Å². The van der Waals surface area contributed by atoms with E-state index in [-0.39, 0.29) is 0 Å². The summed E-state index contributed by atoms with van der Waals surface area (Å²) in [5.41, 5.74) is 2.66. The maximum Gasteiger partial charge on any atom is 0.0609 e. The molecule has 0 spiro atoms. The zero-order chi connectivity index (χ0) is 9.52. The number of rotatable bonds is 5. The summed E-state index contributed by atoms with van der Waals surface area (Å²) in [4.78, 5) is 2.20. The van der Waals surface area contributed by atoms with E-state index in [2.05, 4.69) is 17.4 Å². The molecule has 1 rings (SSSR count). The molecule has 0 bridgehead atoms. The summed E-state index contributed by atoms with van der Waals surface area (Å²) in [5, 5.41) is 0. The van der Waals surface area contributed by atoms with Gasteiger partial charge in [0.25, 0.3) is 0 Å². The van der Waals surface area contributed by atoms with Crippen LogP contribution < -0.4 is 11.3 Å². The first kappa shape index (κ1) is 10.9. The van der Waals surface area contributed by atoms with Crippen molar-refractivity contribution in [3.05, 3.63) is 0 Å². The predicted octanol–water partition coefficient (Wildman–Crippen LogP) is 0.156. The Morgan fingerprint density at radius 1 is 1.46 bits per heavy atom. The minimum Gasteiger partial charge on any atom is -0.381 e. The van der Waals surface area contributed by atoms with Gasteiger partial charge < -0.3 is 4.74 Å². The summed E-state index contributed by atoms with van der Waals surface area (Å²) in [6.07, 6.45) is 3.72. The van der Waals surface area contributed by atoms with E-state index in [1.54, 1.807) is 0 Å². The minimum absolute atomic E-state index is 0.767. The summed E-state index contributed by atoms with van der Waals surface area (Å²) in [6, 6.07) is 0. The molecular formula is C9H21N3O. The lowest BCUT2D eigenvalue weighted by atomic mass is 9.96. The highest BCUT2D eigenvalue weighted by atomic mass is 16.5. The van der Waals surface area contributed by atoms with Crippen LogP contribution in [0.5, 0.6) is 0 Å². The van der Waals surface area contributed by atoms with Gasteiger partial charge in [-0.3, -0.25) is 10.7 Å². The molecule has 13 heavy (non-hydrogen) atoms. The normalized spacial score (nSPS) is 19.6. The molecule has 0 unspecified atom stereocenters. The summed E-state index contributed by atoms with van der Waals surface area (Å²) in [6.45, 7) is 3.78. The molecule has 78 valence electrons. The maximum absolute atomic E-state index is 5.31. The van der Waals surface area contributed by atoms with Crippen molar-refractivity contribution >= 4 is 0 Å². The standard InChI is InChI=1S/C9H21N3O/c1-12(8-11-10)5-2-9-3-6-13-7-4-9/h9,11H,2-8,10H2,1H3. The lowest BCUT2D eigenvalue weighted by Gasteiger charge is -2.24. The first-order valence-corrected chi connectivity index (χ1v) is 5.02. The fraction of sp³-hybridized carbons (Fsp3) is 1.00. The molecule has 0 aromatic heterocycles. The Labute approximate surface area is 80.4 Å². The number of nitrogens with zero attached hydrogens (tertiary/aromatic N) is 1. The summed E-state index contributed by atoms with van der Waals surface area (Å²) >= 11 is 0. The molecule has 1 aliphatic heterocycles. The zero-order valence-corrected chi connectivity index (χ0v) is 8.46. The second-order valence-electron chi connectivity index (χ2n) is 3.79. The monoisotopic (exact) mass is 187 g/mol. The van der Waals surface area contributed by atoms with Gasteiger partial charge in [0.1, 0.15) is 0 Å². The molecule has 4 nitrogen and oxygen atoms in total. The molecular weight excluding hydrogens is 166 g/mol. The van der Waals surface area contributed by atoms with Crippen molar-refractivity contribution < 1.29 is 4.74 Å². The molecule has 4 heteroatoms. The molecule has 3 N–H and O–H groups in total. The van der Waals surface area contributed by atoms with Crippen LogP contribution in [0.25, 0.3) is 0 Å². The van der Waals surface area contributed by atoms with Crippen molar-refractivity contribution in [1.82, 2.24) is 10.3 Å². The van der Waals surface area contributed by atoms with Crippen molar-refractivity contribution in [3.8, 4) is 0 Å². The van der Waals surface area contributed by atoms with Gasteiger partial charge in [0.15, 0.2) is 0 Å². The van der Waals surface area contributed by atoms with E-state index in [0.717, 1.165) is 32.3 Å². The molecule has 1 heterocycles. The Balaban J connectivity index is 2.03. The molecule has 1 aliphatic rings. The Kier molecular flexibility index (Phi) is 5.31. The minimum atomic E-state index is 0.767. The Morgan fingerprint density at radius 2 is 2.15 bits per heavy atom. The van der Waals surface area contributed by atoms with Crippen molar-refractivity contribution in [2.75, 3.05) is 33.5 Å². The van der Waals surface area contributed by atoms with E-state index in [1.807, 2.05) is 0 Å². The third kappa shape index (κ3) is 4.57. The first-order valence-electron chi connectivity index (χ1n) is 5.02. The highest BCUT2D eigenvalue weighted by Gasteiger charge is 2.13. The van der Waals surface area contributed by atoms with Crippen LogP contribution in [-0.2, 0) is 4.74 Å². The number of ether oxygens (including phenoxy) is 1. The highest BCUT2D eigenvalue weighted by Crippen LogP contribution is 2.18. The molecule has 0 saturated carbocycles. The van der Waals surface area contributed by atoms with E-state index in [4.69, 9.17) is 10.6 Å². The van der Waals surface area contributed by atoms with Gasteiger partial charge >= 0.3 is 0 Å². The summed E-state index contributed by atoms with van der Waals surface area (Å²) in [5.74, 6) is 6.08. The maximum atomic E-state index is 5.31. The van der Waals surface area contributed by atoms with Crippen LogP contribution in [0.3, 0.4) is 0 Å². The predicted molar refractivity (Wildman–Crippen MR) is 53.0 cm³/mol. The fourth-order valence-corrected chi connectivity index (χ4v) is 1.67. The molecule has 1 saturated heterocycles. The Hall–Kier alpha value is -0.160. The van der Waals surface area contributed by atoms with Crippen LogP contribution in [0, 0.1) is 5.92 Å². The topological polar surface area (TPSA) is 50.5 Å². The van der Waals surface area contributed by atoms with Crippen molar-refractivity contribution in [1.29, 1.82) is 0 Å². The van der Waals surface area contributed by atoms with Gasteiger partial charge in [-0.1, -0.05) is 0 Å². The van der Waals surface area contributed by atoms with E-state index >= 15 is 0 Å². The third-order valence-electron chi connectivity index (χ3n) is 2.62. The second kappa shape index (κ2) is 6.32. The van der Waals surface area contributed by atoms with Crippen LogP contribution >= 0.6 is 0 Å². The lowest BCUT2D eigenvalue weighted by molar-refractivity contribution is 0.0608. The van der Waals surface area contributed by atoms with E-state index < -0.39 is 0 Å². The average molecular weight is 187 g/mol. The Bertz CT molecular complexity index is 126. The van der Waals surface area contributed by atoms with Crippen LogP contribution in [-0.4, -0.2) is 38.4 Å². The number of hydrazine groups is 1. The fourth-order valence-electron chi connectivity index (χ4n) is 1.67. The van der Waals surface area contributed by atoms with Gasteiger partial charge in [-0.15, -0.1) is 0 Å². The molecule has 0 amide bonds. The van der Waals surface area contributed by atoms with Crippen LogP contribution in [0.1, 0.15) is 19.3 Å². The van der Waals surface area contributed by atoms with Gasteiger partial charge in [-0.2, -0.15) is 0 Å². The van der Waals surface area contributed by atoms with Crippen LogP contribution in [0.15, 0.2) is 0 Å². The number of nitrogens with two attached hydrogens (primary N) is 1. The van der Waals surface area contributed by atoms with Crippen molar-refractivity contribution in [2.24, 2.45) is 11.8 Å². The highest BCUT2D eigenvalue weighted by molar-refractivity contribution is 4.64. The SMILES string of the molecule is CN(CCC1CCOCC1)CNN. The van der Waals surface area contributed by atoms with Crippen molar-refractivity contribution in [3.63, 3.8) is 0 Å². The van der Waals surface area contributed by atoms with Crippen LogP contribution in [0.4, 0.5) is 0 Å². The largest absolute Gasteiger partial charge is 0.381 e. The molecule has 0 atom stereocenters. The van der Waals surface area contributed by atoms with Gasteiger partial charge in [0.2, 0.25) is 0 Å². The molecule has 1 fully saturated rings. The third-order valence-corrected chi connectivity index (χ3v) is 2.62.